The van der Waals surface area contributed by atoms with Gasteiger partial charge in [-0.05, 0) is 30.7 Å². The number of nitrogens with one attached hydrogen (secondary N) is 1. The fraction of sp³-hybridized carbons (Fsp3) is 0.400. The molecule has 0 spiro atoms. The van der Waals surface area contributed by atoms with Gasteiger partial charge in [-0.3, -0.25) is 0 Å². The number of sulfonamides is 1. The van der Waals surface area contributed by atoms with Crippen LogP contribution < -0.4 is 4.72 Å². The van der Waals surface area contributed by atoms with E-state index in [2.05, 4.69) is 20.7 Å². The van der Waals surface area contributed by atoms with Crippen molar-refractivity contribution in [3.8, 4) is 0 Å². The minimum atomic E-state index is -3.65. The second-order valence-electron chi connectivity index (χ2n) is 4.18. The van der Waals surface area contributed by atoms with E-state index in [0.717, 1.165) is 4.47 Å². The van der Waals surface area contributed by atoms with Crippen LogP contribution in [0, 0.1) is 0 Å². The van der Waals surface area contributed by atoms with Crippen LogP contribution in [0.3, 0.4) is 0 Å². The summed E-state index contributed by atoms with van der Waals surface area (Å²) in [7, 11) is -6.74. The van der Waals surface area contributed by atoms with Crippen molar-refractivity contribution >= 4 is 35.8 Å². The normalized spacial score (nSPS) is 23.1. The van der Waals surface area contributed by atoms with Gasteiger partial charge >= 0.3 is 0 Å². The first-order chi connectivity index (χ1) is 8.28. The van der Waals surface area contributed by atoms with Gasteiger partial charge in [0.25, 0.3) is 0 Å². The highest BCUT2D eigenvalue weighted by Gasteiger charge is 2.31. The maximum atomic E-state index is 12.0. The highest BCUT2D eigenvalue weighted by Crippen LogP contribution is 2.17. The Kier molecular flexibility index (Phi) is 3.82. The molecule has 1 N–H and O–H groups in total. The molecule has 0 bridgehead atoms. The van der Waals surface area contributed by atoms with Crippen LogP contribution in [-0.4, -0.2) is 34.4 Å². The summed E-state index contributed by atoms with van der Waals surface area (Å²) < 4.78 is 49.7. The molecule has 1 saturated heterocycles. The monoisotopic (exact) mass is 353 g/mol. The third-order valence-corrected chi connectivity index (χ3v) is 6.51. The van der Waals surface area contributed by atoms with Crippen molar-refractivity contribution < 1.29 is 16.8 Å². The van der Waals surface area contributed by atoms with Gasteiger partial charge in [0.2, 0.25) is 10.0 Å². The lowest BCUT2D eigenvalue weighted by molar-refractivity contribution is 0.562. The molecule has 2 rings (SSSR count). The standard InChI is InChI=1S/C10H12BrNO4S2/c11-8-1-3-10(4-2-8)18(15,16)12-9-5-6-17(13,14)7-9/h1-4,9,12H,5-7H2/t9-/m0/s1. The molecule has 1 aromatic carbocycles. The molecule has 0 amide bonds. The predicted octanol–water partition coefficient (Wildman–Crippen LogP) is 0.914. The third kappa shape index (κ3) is 3.31. The van der Waals surface area contributed by atoms with Gasteiger partial charge in [0.15, 0.2) is 9.84 Å². The fourth-order valence-electron chi connectivity index (χ4n) is 1.79. The zero-order valence-corrected chi connectivity index (χ0v) is 12.6. The average Bonchev–Trinajstić information content (AvgIpc) is 2.57. The van der Waals surface area contributed by atoms with Crippen LogP contribution in [0.1, 0.15) is 6.42 Å². The number of hydrogen-bond acceptors (Lipinski definition) is 4. The van der Waals surface area contributed by atoms with Crippen LogP contribution in [0.2, 0.25) is 0 Å². The summed E-state index contributed by atoms with van der Waals surface area (Å²) in [5.74, 6) is -0.0801. The summed E-state index contributed by atoms with van der Waals surface area (Å²) in [6.45, 7) is 0. The van der Waals surface area contributed by atoms with Gasteiger partial charge in [0, 0.05) is 10.5 Å². The lowest BCUT2D eigenvalue weighted by Crippen LogP contribution is -2.35. The van der Waals surface area contributed by atoms with Crippen LogP contribution in [0.15, 0.2) is 33.6 Å². The maximum absolute atomic E-state index is 12.0. The molecule has 0 aromatic heterocycles. The molecule has 1 heterocycles. The Bertz CT molecular complexity index is 637. The number of halogens is 1. The van der Waals surface area contributed by atoms with Crippen LogP contribution in [0.4, 0.5) is 0 Å². The Morgan fingerprint density at radius 1 is 1.22 bits per heavy atom. The molecule has 0 unspecified atom stereocenters. The number of benzene rings is 1. The van der Waals surface area contributed by atoms with E-state index in [0.29, 0.717) is 6.42 Å². The molecular weight excluding hydrogens is 342 g/mol. The summed E-state index contributed by atoms with van der Waals surface area (Å²) in [5, 5.41) is 0. The third-order valence-electron chi connectivity index (χ3n) is 2.68. The minimum Gasteiger partial charge on any atom is -0.229 e. The van der Waals surface area contributed by atoms with E-state index in [-0.39, 0.29) is 16.4 Å². The van der Waals surface area contributed by atoms with E-state index in [4.69, 9.17) is 0 Å². The lowest BCUT2D eigenvalue weighted by atomic mass is 10.3. The van der Waals surface area contributed by atoms with Crippen molar-refractivity contribution in [1.29, 1.82) is 0 Å². The molecule has 0 radical (unpaired) electrons. The predicted molar refractivity (Wildman–Crippen MR) is 71.5 cm³/mol. The molecule has 1 atom stereocenters. The largest absolute Gasteiger partial charge is 0.240 e. The van der Waals surface area contributed by atoms with Crippen LogP contribution >= 0.6 is 15.9 Å². The number of rotatable bonds is 3. The van der Waals surface area contributed by atoms with Gasteiger partial charge in [-0.25, -0.2) is 21.6 Å². The molecule has 1 aliphatic rings. The van der Waals surface area contributed by atoms with E-state index in [1.807, 2.05) is 0 Å². The van der Waals surface area contributed by atoms with E-state index in [1.165, 1.54) is 12.1 Å². The van der Waals surface area contributed by atoms with Crippen molar-refractivity contribution in [2.75, 3.05) is 11.5 Å². The minimum absolute atomic E-state index is 0.0422. The molecule has 1 aromatic rings. The van der Waals surface area contributed by atoms with Gasteiger partial charge in [-0.1, -0.05) is 15.9 Å². The Morgan fingerprint density at radius 3 is 2.33 bits per heavy atom. The summed E-state index contributed by atoms with van der Waals surface area (Å²) in [6.07, 6.45) is 0.331. The van der Waals surface area contributed by atoms with Crippen LogP contribution in [0.25, 0.3) is 0 Å². The number of hydrogen-bond donors (Lipinski definition) is 1. The Labute approximate surface area is 115 Å². The second-order valence-corrected chi connectivity index (χ2v) is 9.03. The molecule has 8 heteroatoms. The van der Waals surface area contributed by atoms with E-state index >= 15 is 0 Å². The topological polar surface area (TPSA) is 80.3 Å². The summed E-state index contributed by atoms with van der Waals surface area (Å²) in [5.41, 5.74) is 0. The van der Waals surface area contributed by atoms with E-state index in [1.54, 1.807) is 12.1 Å². The maximum Gasteiger partial charge on any atom is 0.240 e. The fourth-order valence-corrected chi connectivity index (χ4v) is 5.10. The second kappa shape index (κ2) is 4.92. The van der Waals surface area contributed by atoms with Crippen molar-refractivity contribution in [2.45, 2.75) is 17.4 Å². The Balaban J connectivity index is 2.16. The van der Waals surface area contributed by atoms with E-state index < -0.39 is 25.9 Å². The van der Waals surface area contributed by atoms with Crippen LogP contribution in [0.5, 0.6) is 0 Å². The first-order valence-electron chi connectivity index (χ1n) is 5.27. The van der Waals surface area contributed by atoms with Gasteiger partial charge < -0.3 is 0 Å². The zero-order valence-electron chi connectivity index (χ0n) is 9.34. The molecule has 100 valence electrons. The molecule has 0 aliphatic carbocycles. The SMILES string of the molecule is O=S1(=O)CC[C@H](NS(=O)(=O)c2ccc(Br)cc2)C1. The first-order valence-corrected chi connectivity index (χ1v) is 9.37. The summed E-state index contributed by atoms with van der Waals surface area (Å²) in [4.78, 5) is 0.134. The van der Waals surface area contributed by atoms with Gasteiger partial charge in [-0.2, -0.15) is 0 Å². The van der Waals surface area contributed by atoms with Crippen molar-refractivity contribution in [3.05, 3.63) is 28.7 Å². The van der Waals surface area contributed by atoms with Gasteiger partial charge in [0.1, 0.15) is 0 Å². The molecule has 1 aliphatic heterocycles. The van der Waals surface area contributed by atoms with Crippen molar-refractivity contribution in [2.24, 2.45) is 0 Å². The Morgan fingerprint density at radius 2 is 1.83 bits per heavy atom. The molecule has 1 fully saturated rings. The highest BCUT2D eigenvalue weighted by atomic mass is 79.9. The zero-order chi connectivity index (χ0) is 13.4. The van der Waals surface area contributed by atoms with Gasteiger partial charge in [-0.15, -0.1) is 0 Å². The van der Waals surface area contributed by atoms with E-state index in [9.17, 15) is 16.8 Å². The molecular formula is C10H12BrNO4S2. The smallest absolute Gasteiger partial charge is 0.229 e. The Hall–Kier alpha value is -0.440. The molecule has 0 saturated carbocycles. The average molecular weight is 354 g/mol. The molecule has 18 heavy (non-hydrogen) atoms. The molecule has 5 nitrogen and oxygen atoms in total. The quantitative estimate of drug-likeness (QED) is 0.875. The highest BCUT2D eigenvalue weighted by molar-refractivity contribution is 9.10. The summed E-state index contributed by atoms with van der Waals surface area (Å²) in [6, 6.07) is 5.66. The lowest BCUT2D eigenvalue weighted by Gasteiger charge is -2.11. The van der Waals surface area contributed by atoms with Crippen molar-refractivity contribution in [1.82, 2.24) is 4.72 Å². The van der Waals surface area contributed by atoms with Crippen LogP contribution in [-0.2, 0) is 19.9 Å². The number of sulfone groups is 1. The first kappa shape index (κ1) is 14.0. The van der Waals surface area contributed by atoms with Crippen molar-refractivity contribution in [3.63, 3.8) is 0 Å². The summed E-state index contributed by atoms with van der Waals surface area (Å²) >= 11 is 3.22. The van der Waals surface area contributed by atoms with Gasteiger partial charge in [0.05, 0.1) is 16.4 Å².